The molecule has 3 aromatic heterocycles. The molecule has 0 unspecified atom stereocenters. The number of Topliss-reactive ketones (excluding diaryl/α,β-unsaturated/α-hetero) is 1. The molecule has 0 aliphatic heterocycles. The lowest BCUT2D eigenvalue weighted by Gasteiger charge is -2.10. The van der Waals surface area contributed by atoms with Gasteiger partial charge in [-0.2, -0.15) is 0 Å². The Morgan fingerprint density at radius 1 is 1.03 bits per heavy atom. The quantitative estimate of drug-likeness (QED) is 0.283. The summed E-state index contributed by atoms with van der Waals surface area (Å²) in [6, 6.07) is 12.0. The molecule has 0 atom stereocenters. The van der Waals surface area contributed by atoms with Gasteiger partial charge in [0, 0.05) is 28.3 Å². The Morgan fingerprint density at radius 3 is 2.45 bits per heavy atom. The fourth-order valence-corrected chi connectivity index (χ4v) is 4.62. The molecular formula is C24H24N4O2S. The molecule has 4 aromatic rings. The van der Waals surface area contributed by atoms with Gasteiger partial charge in [-0.1, -0.05) is 29.5 Å². The monoisotopic (exact) mass is 432 g/mol. The minimum Gasteiger partial charge on any atom is -0.318 e. The van der Waals surface area contributed by atoms with E-state index in [1.807, 2.05) is 39.8 Å². The second-order valence-electron chi connectivity index (χ2n) is 7.82. The lowest BCUT2D eigenvalue weighted by molar-refractivity contribution is 0.102. The zero-order valence-corrected chi connectivity index (χ0v) is 19.1. The molecule has 0 radical (unpaired) electrons. The number of rotatable bonds is 5. The number of hydrogen-bond donors (Lipinski definition) is 1. The first-order valence-electron chi connectivity index (χ1n) is 10.0. The molecule has 0 fully saturated rings. The summed E-state index contributed by atoms with van der Waals surface area (Å²) >= 11 is 1.22. The van der Waals surface area contributed by atoms with Crippen LogP contribution in [0.1, 0.15) is 38.6 Å². The van der Waals surface area contributed by atoms with Crippen LogP contribution in [-0.4, -0.2) is 31.1 Å². The summed E-state index contributed by atoms with van der Waals surface area (Å²) in [5, 5.41) is 0.888. The highest BCUT2D eigenvalue weighted by Crippen LogP contribution is 2.24. The lowest BCUT2D eigenvalue weighted by atomic mass is 10.2. The SMILES string of the molecule is Cc1ccc(-n2c(C)cc(C(=O)CSc3nc4nc(C)cc(C)c4c(=O)[nH]3)c2C)cc1. The number of aryl methyl sites for hydroxylation is 4. The number of fused-ring (bicyclic) bond motifs is 1. The summed E-state index contributed by atoms with van der Waals surface area (Å²) in [7, 11) is 0. The van der Waals surface area contributed by atoms with Crippen LogP contribution < -0.4 is 5.56 Å². The van der Waals surface area contributed by atoms with Gasteiger partial charge >= 0.3 is 0 Å². The maximum atomic E-state index is 13.0. The van der Waals surface area contributed by atoms with E-state index < -0.39 is 0 Å². The molecule has 1 aromatic carbocycles. The molecule has 0 bridgehead atoms. The van der Waals surface area contributed by atoms with Crippen LogP contribution in [-0.2, 0) is 0 Å². The van der Waals surface area contributed by atoms with E-state index in [2.05, 4.69) is 50.7 Å². The smallest absolute Gasteiger partial charge is 0.261 e. The zero-order valence-electron chi connectivity index (χ0n) is 18.2. The maximum Gasteiger partial charge on any atom is 0.261 e. The highest BCUT2D eigenvalue weighted by molar-refractivity contribution is 7.99. The van der Waals surface area contributed by atoms with Gasteiger partial charge in [0.1, 0.15) is 0 Å². The van der Waals surface area contributed by atoms with Crippen LogP contribution in [0.4, 0.5) is 0 Å². The van der Waals surface area contributed by atoms with Crippen LogP contribution in [0.15, 0.2) is 46.3 Å². The van der Waals surface area contributed by atoms with Gasteiger partial charge in [0.15, 0.2) is 16.6 Å². The number of carbonyl (C=O) groups excluding carboxylic acids is 1. The number of aromatic amines is 1. The van der Waals surface area contributed by atoms with Gasteiger partial charge in [0.25, 0.3) is 5.56 Å². The third kappa shape index (κ3) is 4.05. The summed E-state index contributed by atoms with van der Waals surface area (Å²) in [5.74, 6) is 0.171. The van der Waals surface area contributed by atoms with Crippen molar-refractivity contribution < 1.29 is 4.79 Å². The zero-order chi connectivity index (χ0) is 22.3. The van der Waals surface area contributed by atoms with E-state index in [0.717, 1.165) is 28.3 Å². The molecule has 7 heteroatoms. The van der Waals surface area contributed by atoms with Gasteiger partial charge in [-0.3, -0.25) is 9.59 Å². The Labute approximate surface area is 184 Å². The fourth-order valence-electron chi connectivity index (χ4n) is 3.88. The minimum atomic E-state index is -0.234. The van der Waals surface area contributed by atoms with Crippen molar-refractivity contribution in [3.63, 3.8) is 0 Å². The number of carbonyl (C=O) groups is 1. The molecule has 0 aliphatic carbocycles. The van der Waals surface area contributed by atoms with Crippen LogP contribution in [0.25, 0.3) is 16.7 Å². The van der Waals surface area contributed by atoms with E-state index >= 15 is 0 Å². The van der Waals surface area contributed by atoms with Crippen molar-refractivity contribution in [3.05, 3.63) is 80.5 Å². The Morgan fingerprint density at radius 2 is 1.74 bits per heavy atom. The molecular weight excluding hydrogens is 408 g/mol. The Bertz CT molecular complexity index is 1370. The largest absolute Gasteiger partial charge is 0.318 e. The molecule has 1 N–H and O–H groups in total. The Kier molecular flexibility index (Phi) is 5.54. The molecule has 0 spiro atoms. The minimum absolute atomic E-state index is 0.00686. The number of thioether (sulfide) groups is 1. The first-order valence-corrected chi connectivity index (χ1v) is 11.0. The van der Waals surface area contributed by atoms with Crippen LogP contribution in [0, 0.1) is 34.6 Å². The van der Waals surface area contributed by atoms with E-state index in [1.54, 1.807) is 0 Å². The van der Waals surface area contributed by atoms with Crippen molar-refractivity contribution in [3.8, 4) is 5.69 Å². The van der Waals surface area contributed by atoms with Crippen LogP contribution in [0.5, 0.6) is 0 Å². The van der Waals surface area contributed by atoms with Gasteiger partial charge in [0.2, 0.25) is 0 Å². The average molecular weight is 433 g/mol. The number of H-pyrrole nitrogens is 1. The van der Waals surface area contributed by atoms with Crippen LogP contribution in [0.2, 0.25) is 0 Å². The highest BCUT2D eigenvalue weighted by Gasteiger charge is 2.18. The van der Waals surface area contributed by atoms with E-state index in [-0.39, 0.29) is 17.1 Å². The van der Waals surface area contributed by atoms with E-state index in [1.165, 1.54) is 17.3 Å². The third-order valence-electron chi connectivity index (χ3n) is 5.34. The number of hydrogen-bond acceptors (Lipinski definition) is 5. The van der Waals surface area contributed by atoms with Crippen LogP contribution in [0.3, 0.4) is 0 Å². The molecule has 0 saturated heterocycles. The van der Waals surface area contributed by atoms with Crippen molar-refractivity contribution >= 4 is 28.6 Å². The van der Waals surface area contributed by atoms with Gasteiger partial charge in [-0.05, 0) is 64.4 Å². The maximum absolute atomic E-state index is 13.0. The molecule has 4 rings (SSSR count). The molecule has 3 heterocycles. The first kappa shape index (κ1) is 21.1. The first-order chi connectivity index (χ1) is 14.7. The normalized spacial score (nSPS) is 11.3. The Hall–Kier alpha value is -3.19. The second kappa shape index (κ2) is 8.15. The van der Waals surface area contributed by atoms with Crippen molar-refractivity contribution in [1.29, 1.82) is 0 Å². The van der Waals surface area contributed by atoms with Gasteiger partial charge in [-0.15, -0.1) is 0 Å². The summed E-state index contributed by atoms with van der Waals surface area (Å²) in [6.45, 7) is 9.74. The number of nitrogens with one attached hydrogen (secondary N) is 1. The van der Waals surface area contributed by atoms with Gasteiger partial charge in [-0.25, -0.2) is 9.97 Å². The number of benzene rings is 1. The van der Waals surface area contributed by atoms with E-state index in [4.69, 9.17) is 0 Å². The number of aromatic nitrogens is 4. The van der Waals surface area contributed by atoms with E-state index in [0.29, 0.717) is 21.8 Å². The summed E-state index contributed by atoms with van der Waals surface area (Å²) in [6.07, 6.45) is 0. The number of ketones is 1. The van der Waals surface area contributed by atoms with Crippen LogP contribution >= 0.6 is 11.8 Å². The fraction of sp³-hybridized carbons (Fsp3) is 0.250. The van der Waals surface area contributed by atoms with E-state index in [9.17, 15) is 9.59 Å². The molecule has 0 saturated carbocycles. The number of pyridine rings is 1. The third-order valence-corrected chi connectivity index (χ3v) is 6.22. The standard InChI is InChI=1S/C24H24N4O2S/c1-13-6-8-18(9-7-13)28-16(4)11-19(17(28)5)20(29)12-31-24-26-22-21(23(30)27-24)14(2)10-15(3)25-22/h6-11H,12H2,1-5H3,(H,25,26,27,30). The summed E-state index contributed by atoms with van der Waals surface area (Å²) in [4.78, 5) is 37.1. The highest BCUT2D eigenvalue weighted by atomic mass is 32.2. The summed E-state index contributed by atoms with van der Waals surface area (Å²) in [5.41, 5.74) is 6.63. The number of nitrogens with zero attached hydrogens (tertiary/aromatic N) is 3. The topological polar surface area (TPSA) is 80.6 Å². The molecule has 0 aliphatic rings. The summed E-state index contributed by atoms with van der Waals surface area (Å²) < 4.78 is 2.09. The van der Waals surface area contributed by atoms with Crippen molar-refractivity contribution in [2.75, 3.05) is 5.75 Å². The predicted octanol–water partition coefficient (Wildman–Crippen LogP) is 4.63. The second-order valence-corrected chi connectivity index (χ2v) is 8.78. The van der Waals surface area contributed by atoms with Gasteiger partial charge in [0.05, 0.1) is 11.1 Å². The van der Waals surface area contributed by atoms with Gasteiger partial charge < -0.3 is 9.55 Å². The predicted molar refractivity (Wildman–Crippen MR) is 125 cm³/mol. The van der Waals surface area contributed by atoms with Crippen molar-refractivity contribution in [2.45, 2.75) is 39.8 Å². The molecule has 158 valence electrons. The lowest BCUT2D eigenvalue weighted by Crippen LogP contribution is -2.13. The average Bonchev–Trinajstić information content (AvgIpc) is 3.00. The molecule has 0 amide bonds. The van der Waals surface area contributed by atoms with Crippen molar-refractivity contribution in [1.82, 2.24) is 19.5 Å². The molecule has 6 nitrogen and oxygen atoms in total. The van der Waals surface area contributed by atoms with Crippen molar-refractivity contribution in [2.24, 2.45) is 0 Å². The Balaban J connectivity index is 1.59. The molecule has 31 heavy (non-hydrogen) atoms.